The Morgan fingerprint density at radius 2 is 1.57 bits per heavy atom. The van der Waals surface area contributed by atoms with Gasteiger partial charge in [-0.15, -0.1) is 11.3 Å². The summed E-state index contributed by atoms with van der Waals surface area (Å²) in [5.41, 5.74) is 3.85. The summed E-state index contributed by atoms with van der Waals surface area (Å²) in [6.45, 7) is 3.41. The second-order valence-corrected chi connectivity index (χ2v) is 10.0. The summed E-state index contributed by atoms with van der Waals surface area (Å²) in [7, 11) is 0. The normalized spacial score (nSPS) is 13.7. The second-order valence-electron chi connectivity index (χ2n) is 8.14. The van der Waals surface area contributed by atoms with Crippen LogP contribution in [0.15, 0.2) is 54.6 Å². The summed E-state index contributed by atoms with van der Waals surface area (Å²) in [5.74, 6) is -0.403. The Morgan fingerprint density at radius 1 is 0.971 bits per heavy atom. The molecule has 178 valence electrons. The fourth-order valence-corrected chi connectivity index (χ4v) is 5.45. The van der Waals surface area contributed by atoms with Gasteiger partial charge in [-0.2, -0.15) is 0 Å². The van der Waals surface area contributed by atoms with Crippen molar-refractivity contribution >= 4 is 62.3 Å². The van der Waals surface area contributed by atoms with Crippen LogP contribution in [0.1, 0.15) is 16.6 Å². The van der Waals surface area contributed by atoms with Gasteiger partial charge in [0.25, 0.3) is 5.91 Å². The van der Waals surface area contributed by atoms with Crippen molar-refractivity contribution in [3.8, 4) is 22.4 Å². The molecule has 6 nitrogen and oxygen atoms in total. The molecular weight excluding hydrogens is 505 g/mol. The van der Waals surface area contributed by atoms with E-state index in [1.54, 1.807) is 4.90 Å². The molecule has 0 aliphatic carbocycles. The van der Waals surface area contributed by atoms with Crippen LogP contribution in [0, 0.1) is 0 Å². The van der Waals surface area contributed by atoms with Crippen LogP contribution in [0.2, 0.25) is 10.0 Å². The Balaban J connectivity index is 1.76. The zero-order valence-electron chi connectivity index (χ0n) is 18.8. The van der Waals surface area contributed by atoms with E-state index < -0.39 is 0 Å². The van der Waals surface area contributed by atoms with E-state index >= 15 is 0 Å². The summed E-state index contributed by atoms with van der Waals surface area (Å²) in [6, 6.07) is 16.9. The molecule has 2 amide bonds. The van der Waals surface area contributed by atoms with E-state index in [0.717, 1.165) is 27.8 Å². The van der Waals surface area contributed by atoms with Gasteiger partial charge >= 0.3 is 0 Å². The number of fused-ring (bicyclic) bond motifs is 1. The quantitative estimate of drug-likeness (QED) is 0.336. The minimum atomic E-state index is -0.260. The summed E-state index contributed by atoms with van der Waals surface area (Å²) in [5, 5.41) is 4.89. The van der Waals surface area contributed by atoms with Gasteiger partial charge in [0.2, 0.25) is 5.91 Å². The van der Waals surface area contributed by atoms with Crippen LogP contribution in [0.3, 0.4) is 0 Å². The maximum atomic E-state index is 13.5. The molecule has 0 bridgehead atoms. The molecule has 2 aromatic heterocycles. The largest absolute Gasteiger partial charge is 0.378 e. The third-order valence-electron chi connectivity index (χ3n) is 5.75. The molecular formula is C26H21Cl2N3O3S. The number of hydrogen-bond acceptors (Lipinski definition) is 5. The molecule has 4 aromatic rings. The molecule has 1 saturated heterocycles. The predicted molar refractivity (Wildman–Crippen MR) is 142 cm³/mol. The Morgan fingerprint density at radius 3 is 2.17 bits per heavy atom. The highest BCUT2D eigenvalue weighted by Gasteiger charge is 2.28. The first-order chi connectivity index (χ1) is 16.9. The highest BCUT2D eigenvalue weighted by Crippen LogP contribution is 2.43. The highest BCUT2D eigenvalue weighted by atomic mass is 35.5. The van der Waals surface area contributed by atoms with E-state index in [1.807, 2.05) is 54.6 Å². The molecule has 0 atom stereocenters. The van der Waals surface area contributed by atoms with E-state index in [1.165, 1.54) is 18.3 Å². The highest BCUT2D eigenvalue weighted by molar-refractivity contribution is 7.21. The summed E-state index contributed by atoms with van der Waals surface area (Å²) in [6.07, 6.45) is 0. The van der Waals surface area contributed by atoms with Gasteiger partial charge in [0, 0.05) is 41.0 Å². The molecule has 1 aliphatic heterocycles. The average Bonchev–Trinajstić information content (AvgIpc) is 3.22. The smallest absolute Gasteiger partial charge is 0.266 e. The first kappa shape index (κ1) is 23.8. The van der Waals surface area contributed by atoms with Gasteiger partial charge in [0.1, 0.15) is 9.71 Å². The summed E-state index contributed by atoms with van der Waals surface area (Å²) >= 11 is 13.5. The zero-order valence-corrected chi connectivity index (χ0v) is 21.1. The number of anilines is 1. The number of hydrogen-bond donors (Lipinski definition) is 1. The molecule has 1 aliphatic rings. The molecule has 2 aromatic carbocycles. The lowest BCUT2D eigenvalue weighted by Crippen LogP contribution is -2.40. The molecule has 0 unspecified atom stereocenters. The third-order valence-corrected chi connectivity index (χ3v) is 7.33. The van der Waals surface area contributed by atoms with Crippen LogP contribution in [0.4, 0.5) is 5.69 Å². The average molecular weight is 526 g/mol. The topological polar surface area (TPSA) is 71.5 Å². The van der Waals surface area contributed by atoms with Crippen molar-refractivity contribution in [1.29, 1.82) is 0 Å². The number of aromatic nitrogens is 1. The number of rotatable bonds is 4. The molecule has 3 heterocycles. The molecule has 9 heteroatoms. The van der Waals surface area contributed by atoms with Crippen molar-refractivity contribution < 1.29 is 14.3 Å². The van der Waals surface area contributed by atoms with Crippen LogP contribution in [-0.4, -0.2) is 48.0 Å². The van der Waals surface area contributed by atoms with Gasteiger partial charge in [-0.1, -0.05) is 47.5 Å². The number of pyridine rings is 1. The number of nitrogens with zero attached hydrogens (tertiary/aromatic N) is 2. The molecule has 35 heavy (non-hydrogen) atoms. The SMILES string of the molecule is CC(=O)Nc1c(C(=O)N2CCOCC2)sc2nc(-c3ccc(Cl)cc3)cc(-c3ccc(Cl)cc3)c12. The number of amides is 2. The van der Waals surface area contributed by atoms with Gasteiger partial charge in [-0.25, -0.2) is 4.98 Å². The Bertz CT molecular complexity index is 1410. The number of morpholine rings is 1. The van der Waals surface area contributed by atoms with Gasteiger partial charge in [-0.3, -0.25) is 9.59 Å². The summed E-state index contributed by atoms with van der Waals surface area (Å²) < 4.78 is 5.41. The maximum Gasteiger partial charge on any atom is 0.266 e. The molecule has 5 rings (SSSR count). The van der Waals surface area contributed by atoms with Crippen molar-refractivity contribution in [3.63, 3.8) is 0 Å². The van der Waals surface area contributed by atoms with Gasteiger partial charge in [-0.05, 0) is 41.5 Å². The van der Waals surface area contributed by atoms with E-state index in [9.17, 15) is 9.59 Å². The number of carbonyl (C=O) groups is 2. The minimum absolute atomic E-state index is 0.143. The monoisotopic (exact) mass is 525 g/mol. The predicted octanol–water partition coefficient (Wildman–Crippen LogP) is 6.37. The fraction of sp³-hybridized carbons (Fsp3) is 0.192. The standard InChI is InChI=1S/C26H21Cl2N3O3S/c1-15(32)29-23-22-20(16-2-6-18(27)7-3-16)14-21(17-4-8-19(28)9-5-17)30-25(22)35-24(23)26(33)31-10-12-34-13-11-31/h2-9,14H,10-13H2,1H3,(H,29,32). The Kier molecular flexibility index (Phi) is 6.75. The first-order valence-electron chi connectivity index (χ1n) is 11.0. The lowest BCUT2D eigenvalue weighted by molar-refractivity contribution is -0.114. The van der Waals surface area contributed by atoms with Crippen LogP contribution in [0.5, 0.6) is 0 Å². The third kappa shape index (κ3) is 4.90. The van der Waals surface area contributed by atoms with E-state index in [4.69, 9.17) is 32.9 Å². The van der Waals surface area contributed by atoms with Gasteiger partial charge in [0.05, 0.1) is 24.6 Å². The van der Waals surface area contributed by atoms with Gasteiger partial charge < -0.3 is 15.0 Å². The van der Waals surface area contributed by atoms with Crippen molar-refractivity contribution in [2.24, 2.45) is 0 Å². The van der Waals surface area contributed by atoms with Crippen molar-refractivity contribution in [3.05, 3.63) is 69.5 Å². The number of halogens is 2. The van der Waals surface area contributed by atoms with Crippen LogP contribution >= 0.6 is 34.5 Å². The summed E-state index contributed by atoms with van der Waals surface area (Å²) in [4.78, 5) is 33.5. The van der Waals surface area contributed by atoms with Crippen molar-refractivity contribution in [1.82, 2.24) is 9.88 Å². The van der Waals surface area contributed by atoms with E-state index in [-0.39, 0.29) is 11.8 Å². The van der Waals surface area contributed by atoms with E-state index in [2.05, 4.69) is 5.32 Å². The van der Waals surface area contributed by atoms with Crippen LogP contribution in [-0.2, 0) is 9.53 Å². The fourth-order valence-electron chi connectivity index (χ4n) is 4.08. The minimum Gasteiger partial charge on any atom is -0.378 e. The number of nitrogens with one attached hydrogen (secondary N) is 1. The molecule has 0 spiro atoms. The van der Waals surface area contributed by atoms with Crippen LogP contribution < -0.4 is 5.32 Å². The number of ether oxygens (including phenoxy) is 1. The second kappa shape index (κ2) is 9.95. The maximum absolute atomic E-state index is 13.5. The van der Waals surface area contributed by atoms with Crippen molar-refractivity contribution in [2.45, 2.75) is 6.92 Å². The zero-order chi connectivity index (χ0) is 24.5. The molecule has 1 N–H and O–H groups in total. The Labute approximate surface area is 216 Å². The lowest BCUT2D eigenvalue weighted by atomic mass is 9.99. The number of benzene rings is 2. The van der Waals surface area contributed by atoms with E-state index in [0.29, 0.717) is 51.7 Å². The van der Waals surface area contributed by atoms with Crippen molar-refractivity contribution in [2.75, 3.05) is 31.6 Å². The Hall–Kier alpha value is -2.97. The molecule has 1 fully saturated rings. The number of carbonyl (C=O) groups excluding carboxylic acids is 2. The van der Waals surface area contributed by atoms with Crippen LogP contribution in [0.25, 0.3) is 32.6 Å². The molecule has 0 saturated carbocycles. The number of thiophene rings is 1. The molecule has 0 radical (unpaired) electrons. The lowest BCUT2D eigenvalue weighted by Gasteiger charge is -2.26. The first-order valence-corrected chi connectivity index (χ1v) is 12.6. The van der Waals surface area contributed by atoms with Gasteiger partial charge in [0.15, 0.2) is 0 Å².